The van der Waals surface area contributed by atoms with E-state index >= 15 is 0 Å². The Morgan fingerprint density at radius 2 is 1.60 bits per heavy atom. The maximum Gasteiger partial charge on any atom is 0.0769 e. The second-order valence-corrected chi connectivity index (χ2v) is 5.60. The molecule has 2 heterocycles. The number of likely N-dealkylation sites (N-methyl/N-ethyl adjacent to an activating group) is 1. The molecule has 0 aromatic heterocycles. The van der Waals surface area contributed by atoms with E-state index in [1.807, 2.05) is 27.7 Å². The first-order valence-electron chi connectivity index (χ1n) is 8.76. The number of ether oxygens (including phenoxy) is 1. The van der Waals surface area contributed by atoms with Crippen molar-refractivity contribution in [2.24, 2.45) is 0 Å². The summed E-state index contributed by atoms with van der Waals surface area (Å²) in [6.07, 6.45) is 4.47. The Labute approximate surface area is 127 Å². The molecule has 0 spiro atoms. The van der Waals surface area contributed by atoms with Crippen molar-refractivity contribution in [3.63, 3.8) is 0 Å². The van der Waals surface area contributed by atoms with Crippen molar-refractivity contribution in [2.45, 2.75) is 85.5 Å². The Morgan fingerprint density at radius 1 is 1.05 bits per heavy atom. The molecule has 2 rings (SSSR count). The summed E-state index contributed by atoms with van der Waals surface area (Å²) in [7, 11) is 0. The van der Waals surface area contributed by atoms with Crippen LogP contribution in [-0.2, 0) is 4.74 Å². The molecule has 2 aliphatic heterocycles. The Kier molecular flexibility index (Phi) is 10.5. The number of rotatable bonds is 3. The van der Waals surface area contributed by atoms with Crippen LogP contribution in [0.4, 0.5) is 0 Å². The van der Waals surface area contributed by atoms with Gasteiger partial charge in [0.1, 0.15) is 0 Å². The van der Waals surface area contributed by atoms with Crippen LogP contribution in [-0.4, -0.2) is 48.8 Å². The number of nitrogens with zero attached hydrogens (tertiary/aromatic N) is 1. The lowest BCUT2D eigenvalue weighted by molar-refractivity contribution is -0.0654. The summed E-state index contributed by atoms with van der Waals surface area (Å²) in [4.78, 5) is 2.54. The monoisotopic (exact) mass is 286 g/mol. The fraction of sp³-hybridized carbons (Fsp3) is 1.00. The molecule has 1 atom stereocenters. The molecule has 0 radical (unpaired) electrons. The Hall–Kier alpha value is -0.120. The topological polar surface area (TPSA) is 24.5 Å². The van der Waals surface area contributed by atoms with Crippen molar-refractivity contribution in [3.8, 4) is 0 Å². The van der Waals surface area contributed by atoms with Crippen LogP contribution in [0, 0.1) is 0 Å². The normalized spacial score (nSPS) is 26.2. The van der Waals surface area contributed by atoms with E-state index in [9.17, 15) is 0 Å². The van der Waals surface area contributed by atoms with Crippen LogP contribution in [0.15, 0.2) is 0 Å². The summed E-state index contributed by atoms with van der Waals surface area (Å²) < 4.78 is 6.32. The largest absolute Gasteiger partial charge is 0.373 e. The Morgan fingerprint density at radius 3 is 2.05 bits per heavy atom. The molecule has 0 saturated carbocycles. The molecule has 1 N–H and O–H groups in total. The second kappa shape index (κ2) is 10.6. The minimum Gasteiger partial charge on any atom is -0.373 e. The maximum atomic E-state index is 6.32. The minimum atomic E-state index is 0.222. The van der Waals surface area contributed by atoms with E-state index in [0.717, 1.165) is 19.6 Å². The van der Waals surface area contributed by atoms with E-state index in [0.29, 0.717) is 12.2 Å². The molecule has 1 unspecified atom stereocenters. The lowest BCUT2D eigenvalue weighted by Gasteiger charge is -2.37. The van der Waals surface area contributed by atoms with Crippen LogP contribution in [0.1, 0.15) is 67.7 Å². The molecule has 0 aromatic rings. The predicted octanol–water partition coefficient (Wildman–Crippen LogP) is 3.68. The number of nitrogens with one attached hydrogen (secondary N) is 1. The standard InChI is InChI=1S/C13H26N2O.2C2H6/c1-4-15-10-7-12(13(15,2)3)16-11-5-8-14-9-6-11;2*1-2/h11-12,14H,4-10H2,1-3H3;2*1-2H3. The van der Waals surface area contributed by atoms with Gasteiger partial charge >= 0.3 is 0 Å². The molecular weight excluding hydrogens is 248 g/mol. The zero-order valence-corrected chi connectivity index (χ0v) is 15.0. The lowest BCUT2D eigenvalue weighted by Crippen LogP contribution is -2.47. The van der Waals surface area contributed by atoms with Crippen LogP contribution in [0.3, 0.4) is 0 Å². The van der Waals surface area contributed by atoms with Gasteiger partial charge in [-0.3, -0.25) is 4.90 Å². The first-order valence-corrected chi connectivity index (χ1v) is 8.76. The van der Waals surface area contributed by atoms with Gasteiger partial charge in [0.15, 0.2) is 0 Å². The average molecular weight is 287 g/mol. The summed E-state index contributed by atoms with van der Waals surface area (Å²) in [6.45, 7) is 19.5. The van der Waals surface area contributed by atoms with E-state index in [-0.39, 0.29) is 5.54 Å². The summed E-state index contributed by atoms with van der Waals surface area (Å²) in [5.74, 6) is 0. The summed E-state index contributed by atoms with van der Waals surface area (Å²) in [6, 6.07) is 0. The minimum absolute atomic E-state index is 0.222. The number of hydrogen-bond donors (Lipinski definition) is 1. The third-order valence-electron chi connectivity index (χ3n) is 4.29. The molecule has 20 heavy (non-hydrogen) atoms. The van der Waals surface area contributed by atoms with Crippen molar-refractivity contribution < 1.29 is 4.74 Å². The highest BCUT2D eigenvalue weighted by atomic mass is 16.5. The van der Waals surface area contributed by atoms with Crippen molar-refractivity contribution in [3.05, 3.63) is 0 Å². The van der Waals surface area contributed by atoms with E-state index in [1.54, 1.807) is 0 Å². The first kappa shape index (κ1) is 19.9. The number of piperidine rings is 1. The van der Waals surface area contributed by atoms with Gasteiger partial charge in [0.05, 0.1) is 12.2 Å². The van der Waals surface area contributed by atoms with E-state index in [1.165, 1.54) is 25.8 Å². The Bertz CT molecular complexity index is 225. The van der Waals surface area contributed by atoms with E-state index in [4.69, 9.17) is 4.74 Å². The SMILES string of the molecule is CC.CC.CCN1CCC(OC2CCNCC2)C1(C)C. The fourth-order valence-corrected chi connectivity index (χ4v) is 3.08. The molecule has 0 aliphatic carbocycles. The molecule has 3 heteroatoms. The van der Waals surface area contributed by atoms with Gasteiger partial charge in [-0.25, -0.2) is 0 Å². The van der Waals surface area contributed by atoms with Crippen molar-refractivity contribution in [2.75, 3.05) is 26.2 Å². The third kappa shape index (κ3) is 5.34. The molecule has 2 saturated heterocycles. The highest BCUT2D eigenvalue weighted by Crippen LogP contribution is 2.32. The molecule has 0 amide bonds. The smallest absolute Gasteiger partial charge is 0.0769 e. The molecule has 0 bridgehead atoms. The second-order valence-electron chi connectivity index (χ2n) is 5.60. The molecule has 2 aliphatic rings. The lowest BCUT2D eigenvalue weighted by atomic mass is 9.97. The summed E-state index contributed by atoms with van der Waals surface area (Å²) in [5, 5.41) is 3.39. The maximum absolute atomic E-state index is 6.32. The van der Waals surface area contributed by atoms with Crippen LogP contribution >= 0.6 is 0 Å². The number of likely N-dealkylation sites (tertiary alicyclic amines) is 1. The van der Waals surface area contributed by atoms with Crippen LogP contribution < -0.4 is 5.32 Å². The van der Waals surface area contributed by atoms with Gasteiger partial charge in [0, 0.05) is 12.1 Å². The van der Waals surface area contributed by atoms with Gasteiger partial charge in [0.25, 0.3) is 0 Å². The zero-order valence-electron chi connectivity index (χ0n) is 15.0. The highest BCUT2D eigenvalue weighted by molar-refractivity contribution is 4.96. The third-order valence-corrected chi connectivity index (χ3v) is 4.29. The molecular formula is C17H38N2O. The van der Waals surface area contributed by atoms with E-state index < -0.39 is 0 Å². The van der Waals surface area contributed by atoms with Gasteiger partial charge in [-0.1, -0.05) is 34.6 Å². The molecule has 3 nitrogen and oxygen atoms in total. The molecule has 0 aromatic carbocycles. The number of hydrogen-bond acceptors (Lipinski definition) is 3. The molecule has 2 fully saturated rings. The van der Waals surface area contributed by atoms with Crippen LogP contribution in [0.5, 0.6) is 0 Å². The van der Waals surface area contributed by atoms with Crippen molar-refractivity contribution >= 4 is 0 Å². The summed E-state index contributed by atoms with van der Waals surface area (Å²) in [5.41, 5.74) is 0.222. The van der Waals surface area contributed by atoms with Gasteiger partial charge in [-0.2, -0.15) is 0 Å². The zero-order chi connectivity index (χ0) is 15.6. The molecule has 122 valence electrons. The van der Waals surface area contributed by atoms with Crippen molar-refractivity contribution in [1.82, 2.24) is 10.2 Å². The van der Waals surface area contributed by atoms with Crippen molar-refractivity contribution in [1.29, 1.82) is 0 Å². The first-order chi connectivity index (χ1) is 9.64. The Balaban J connectivity index is 0.000000829. The van der Waals surface area contributed by atoms with Gasteiger partial charge in [-0.15, -0.1) is 0 Å². The van der Waals surface area contributed by atoms with E-state index in [2.05, 4.69) is 31.0 Å². The van der Waals surface area contributed by atoms with Gasteiger partial charge in [0.2, 0.25) is 0 Å². The summed E-state index contributed by atoms with van der Waals surface area (Å²) >= 11 is 0. The van der Waals surface area contributed by atoms with Gasteiger partial charge < -0.3 is 10.1 Å². The van der Waals surface area contributed by atoms with Gasteiger partial charge in [-0.05, 0) is 52.7 Å². The van der Waals surface area contributed by atoms with Crippen LogP contribution in [0.2, 0.25) is 0 Å². The average Bonchev–Trinajstić information content (AvgIpc) is 2.79. The predicted molar refractivity (Wildman–Crippen MR) is 89.4 cm³/mol. The quantitative estimate of drug-likeness (QED) is 0.856. The van der Waals surface area contributed by atoms with Crippen LogP contribution in [0.25, 0.3) is 0 Å². The fourth-order valence-electron chi connectivity index (χ4n) is 3.08. The highest BCUT2D eigenvalue weighted by Gasteiger charge is 2.42.